The zero-order valence-corrected chi connectivity index (χ0v) is 18.9. The molecule has 33 heavy (non-hydrogen) atoms. The first kappa shape index (κ1) is 21.8. The van der Waals surface area contributed by atoms with E-state index in [1.165, 1.54) is 0 Å². The number of nitrogens with two attached hydrogens (primary N) is 1. The van der Waals surface area contributed by atoms with E-state index in [1.54, 1.807) is 12.4 Å². The number of benzene rings is 1. The van der Waals surface area contributed by atoms with Gasteiger partial charge in [0.15, 0.2) is 0 Å². The number of aromatic nitrogens is 2. The van der Waals surface area contributed by atoms with Crippen molar-refractivity contribution < 1.29 is 9.59 Å². The lowest BCUT2D eigenvalue weighted by molar-refractivity contribution is -0.135. The molecule has 0 radical (unpaired) electrons. The molecule has 0 spiro atoms. The molecule has 8 heteroatoms. The molecule has 3 aliphatic rings. The summed E-state index contributed by atoms with van der Waals surface area (Å²) in [6.07, 6.45) is 5.55. The normalized spacial score (nSPS) is 24.6. The van der Waals surface area contributed by atoms with Gasteiger partial charge in [0.2, 0.25) is 17.8 Å². The smallest absolute Gasteiger partial charge is 0.225 e. The molecule has 8 nitrogen and oxygen atoms in total. The fourth-order valence-corrected chi connectivity index (χ4v) is 5.83. The third kappa shape index (κ3) is 4.71. The predicted molar refractivity (Wildman–Crippen MR) is 125 cm³/mol. The van der Waals surface area contributed by atoms with Crippen LogP contribution >= 0.6 is 0 Å². The number of carbonyl (C=O) groups is 2. The maximum Gasteiger partial charge on any atom is 0.225 e. The third-order valence-electron chi connectivity index (χ3n) is 7.53. The summed E-state index contributed by atoms with van der Waals surface area (Å²) >= 11 is 0. The number of hydrogen-bond acceptors (Lipinski definition) is 6. The maximum absolute atomic E-state index is 13.3. The Hall–Kier alpha value is -3.00. The SMILES string of the molecule is NC(=O)C[C@@H](c1ccccc1)N1CC2CN(C(=O)C3CCN(c4ncccn4)CC3)CC2C1. The lowest BCUT2D eigenvalue weighted by atomic mass is 9.95. The van der Waals surface area contributed by atoms with Gasteiger partial charge in [-0.3, -0.25) is 14.5 Å². The summed E-state index contributed by atoms with van der Waals surface area (Å²) in [6, 6.07) is 12.0. The van der Waals surface area contributed by atoms with Gasteiger partial charge < -0.3 is 15.5 Å². The standard InChI is InChI=1S/C25H32N6O2/c26-23(32)13-22(18-5-2-1-3-6-18)30-14-20-16-31(17-21(20)15-30)24(33)19-7-11-29(12-8-19)25-27-9-4-10-28-25/h1-6,9-10,19-22H,7-8,11-17H2,(H2,26,32)/t20?,21?,22-/m0/s1. The third-order valence-corrected chi connectivity index (χ3v) is 7.53. The van der Waals surface area contributed by atoms with E-state index < -0.39 is 0 Å². The number of rotatable bonds is 6. The number of nitrogens with zero attached hydrogens (tertiary/aromatic N) is 5. The quantitative estimate of drug-likeness (QED) is 0.723. The van der Waals surface area contributed by atoms with E-state index in [0.29, 0.717) is 24.2 Å². The Morgan fingerprint density at radius 2 is 1.58 bits per heavy atom. The topological polar surface area (TPSA) is 95.7 Å². The highest BCUT2D eigenvalue weighted by molar-refractivity contribution is 5.79. The van der Waals surface area contributed by atoms with Crippen LogP contribution in [-0.2, 0) is 9.59 Å². The van der Waals surface area contributed by atoms with E-state index in [2.05, 4.69) is 36.8 Å². The van der Waals surface area contributed by atoms with Crippen LogP contribution in [0.25, 0.3) is 0 Å². The second-order valence-electron chi connectivity index (χ2n) is 9.62. The predicted octanol–water partition coefficient (Wildman–Crippen LogP) is 1.70. The highest BCUT2D eigenvalue weighted by Gasteiger charge is 2.45. The van der Waals surface area contributed by atoms with Crippen molar-refractivity contribution in [2.45, 2.75) is 25.3 Å². The van der Waals surface area contributed by atoms with E-state index in [9.17, 15) is 9.59 Å². The van der Waals surface area contributed by atoms with Gasteiger partial charge in [0, 0.05) is 70.0 Å². The summed E-state index contributed by atoms with van der Waals surface area (Å²) in [5.41, 5.74) is 6.71. The molecular weight excluding hydrogens is 416 g/mol. The first-order valence-corrected chi connectivity index (χ1v) is 12.0. The number of anilines is 1. The Bertz CT molecular complexity index is 949. The van der Waals surface area contributed by atoms with Crippen molar-refractivity contribution in [3.05, 3.63) is 54.4 Å². The van der Waals surface area contributed by atoms with Crippen molar-refractivity contribution in [3.63, 3.8) is 0 Å². The molecule has 3 aliphatic heterocycles. The number of hydrogen-bond donors (Lipinski definition) is 1. The maximum atomic E-state index is 13.3. The van der Waals surface area contributed by atoms with Gasteiger partial charge in [-0.1, -0.05) is 30.3 Å². The highest BCUT2D eigenvalue weighted by Crippen LogP contribution is 2.38. The first-order valence-electron chi connectivity index (χ1n) is 12.0. The van der Waals surface area contributed by atoms with E-state index in [-0.39, 0.29) is 17.9 Å². The fourth-order valence-electron chi connectivity index (χ4n) is 5.83. The van der Waals surface area contributed by atoms with E-state index in [4.69, 9.17) is 5.73 Å². The number of amides is 2. The van der Waals surface area contributed by atoms with Crippen LogP contribution < -0.4 is 10.6 Å². The van der Waals surface area contributed by atoms with Crippen LogP contribution in [-0.4, -0.2) is 70.9 Å². The van der Waals surface area contributed by atoms with E-state index in [0.717, 1.165) is 63.6 Å². The summed E-state index contributed by atoms with van der Waals surface area (Å²) in [5, 5.41) is 0. The summed E-state index contributed by atoms with van der Waals surface area (Å²) < 4.78 is 0. The second kappa shape index (κ2) is 9.47. The molecule has 3 fully saturated rings. The Morgan fingerprint density at radius 3 is 2.18 bits per heavy atom. The van der Waals surface area contributed by atoms with Gasteiger partial charge in [0.05, 0.1) is 0 Å². The summed E-state index contributed by atoms with van der Waals surface area (Å²) in [4.78, 5) is 40.3. The average molecular weight is 449 g/mol. The Balaban J connectivity index is 1.16. The lowest BCUT2D eigenvalue weighted by Gasteiger charge is -2.34. The number of primary amides is 1. The molecule has 1 aromatic carbocycles. The van der Waals surface area contributed by atoms with Crippen LogP contribution in [0.1, 0.15) is 30.9 Å². The number of piperidine rings is 1. The molecule has 0 aliphatic carbocycles. The number of fused-ring (bicyclic) bond motifs is 1. The molecule has 5 rings (SSSR count). The van der Waals surface area contributed by atoms with Crippen molar-refractivity contribution >= 4 is 17.8 Å². The fraction of sp³-hybridized carbons (Fsp3) is 0.520. The van der Waals surface area contributed by atoms with E-state index in [1.807, 2.05) is 24.3 Å². The second-order valence-corrected chi connectivity index (χ2v) is 9.62. The van der Waals surface area contributed by atoms with Crippen LogP contribution in [0.3, 0.4) is 0 Å². The lowest BCUT2D eigenvalue weighted by Crippen LogP contribution is -2.43. The molecule has 2 amide bonds. The minimum Gasteiger partial charge on any atom is -0.370 e. The van der Waals surface area contributed by atoms with Crippen LogP contribution in [0.4, 0.5) is 5.95 Å². The zero-order chi connectivity index (χ0) is 22.8. The van der Waals surface area contributed by atoms with Gasteiger partial charge in [-0.05, 0) is 36.3 Å². The molecule has 3 atom stereocenters. The van der Waals surface area contributed by atoms with Crippen LogP contribution in [0, 0.1) is 17.8 Å². The van der Waals surface area contributed by atoms with Crippen molar-refractivity contribution in [1.82, 2.24) is 19.8 Å². The summed E-state index contributed by atoms with van der Waals surface area (Å²) in [7, 11) is 0. The molecule has 2 N–H and O–H groups in total. The van der Waals surface area contributed by atoms with Gasteiger partial charge >= 0.3 is 0 Å². The summed E-state index contributed by atoms with van der Waals surface area (Å²) in [5.74, 6) is 1.80. The van der Waals surface area contributed by atoms with Gasteiger partial charge in [0.1, 0.15) is 0 Å². The minimum atomic E-state index is -0.273. The molecule has 0 bridgehead atoms. The highest BCUT2D eigenvalue weighted by atomic mass is 16.2. The molecule has 4 heterocycles. The number of carbonyl (C=O) groups excluding carboxylic acids is 2. The largest absolute Gasteiger partial charge is 0.370 e. The first-order chi connectivity index (χ1) is 16.1. The Morgan fingerprint density at radius 1 is 0.939 bits per heavy atom. The molecule has 2 aromatic rings. The minimum absolute atomic E-state index is 0.0167. The van der Waals surface area contributed by atoms with E-state index >= 15 is 0 Å². The van der Waals surface area contributed by atoms with Crippen molar-refractivity contribution in [2.75, 3.05) is 44.2 Å². The van der Waals surface area contributed by atoms with Gasteiger partial charge in [-0.2, -0.15) is 0 Å². The molecule has 2 unspecified atom stereocenters. The molecule has 1 aromatic heterocycles. The van der Waals surface area contributed by atoms with Crippen molar-refractivity contribution in [3.8, 4) is 0 Å². The summed E-state index contributed by atoms with van der Waals surface area (Å²) in [6.45, 7) is 5.10. The van der Waals surface area contributed by atoms with Crippen LogP contribution in [0.2, 0.25) is 0 Å². The average Bonchev–Trinajstić information content (AvgIpc) is 3.43. The molecule has 174 valence electrons. The van der Waals surface area contributed by atoms with Crippen LogP contribution in [0.5, 0.6) is 0 Å². The van der Waals surface area contributed by atoms with Crippen molar-refractivity contribution in [2.24, 2.45) is 23.5 Å². The monoisotopic (exact) mass is 448 g/mol. The molecule has 0 saturated carbocycles. The Kier molecular flexibility index (Phi) is 6.26. The number of likely N-dealkylation sites (tertiary alicyclic amines) is 2. The van der Waals surface area contributed by atoms with Crippen molar-refractivity contribution in [1.29, 1.82) is 0 Å². The van der Waals surface area contributed by atoms with Crippen LogP contribution in [0.15, 0.2) is 48.8 Å². The zero-order valence-electron chi connectivity index (χ0n) is 18.9. The molecule has 3 saturated heterocycles. The van der Waals surface area contributed by atoms with Gasteiger partial charge in [-0.15, -0.1) is 0 Å². The molecular formula is C25H32N6O2. The van der Waals surface area contributed by atoms with Gasteiger partial charge in [-0.25, -0.2) is 9.97 Å². The Labute approximate surface area is 194 Å². The van der Waals surface area contributed by atoms with Gasteiger partial charge in [0.25, 0.3) is 0 Å².